The SMILES string of the molecule is NCc1cccc(OCc2ccccc2Br)c1. The highest BCUT2D eigenvalue weighted by Gasteiger charge is 2.00. The van der Waals surface area contributed by atoms with Crippen molar-refractivity contribution >= 4 is 15.9 Å². The van der Waals surface area contributed by atoms with Gasteiger partial charge in [0.1, 0.15) is 12.4 Å². The number of hydrogen-bond donors (Lipinski definition) is 1. The zero-order valence-electron chi connectivity index (χ0n) is 9.40. The number of hydrogen-bond acceptors (Lipinski definition) is 2. The fraction of sp³-hybridized carbons (Fsp3) is 0.143. The van der Waals surface area contributed by atoms with E-state index < -0.39 is 0 Å². The molecule has 0 aliphatic rings. The monoisotopic (exact) mass is 291 g/mol. The largest absolute Gasteiger partial charge is 0.489 e. The number of rotatable bonds is 4. The molecule has 0 aliphatic heterocycles. The molecule has 3 heteroatoms. The Kier molecular flexibility index (Phi) is 4.18. The molecule has 0 atom stereocenters. The highest BCUT2D eigenvalue weighted by Crippen LogP contribution is 2.19. The molecule has 0 spiro atoms. The Morgan fingerprint density at radius 2 is 1.88 bits per heavy atom. The van der Waals surface area contributed by atoms with Crippen LogP contribution < -0.4 is 10.5 Å². The Hall–Kier alpha value is -1.32. The Bertz CT molecular complexity index is 499. The molecule has 0 heterocycles. The first kappa shape index (κ1) is 12.1. The van der Waals surface area contributed by atoms with E-state index in [1.807, 2.05) is 48.5 Å². The molecular weight excluding hydrogens is 278 g/mol. The van der Waals surface area contributed by atoms with Crippen LogP contribution in [-0.4, -0.2) is 0 Å². The number of ether oxygens (including phenoxy) is 1. The molecule has 2 aromatic carbocycles. The Balaban J connectivity index is 2.05. The summed E-state index contributed by atoms with van der Waals surface area (Å²) in [4.78, 5) is 0. The predicted molar refractivity (Wildman–Crippen MR) is 72.8 cm³/mol. The van der Waals surface area contributed by atoms with Gasteiger partial charge in [-0.3, -0.25) is 0 Å². The fourth-order valence-electron chi connectivity index (χ4n) is 1.54. The van der Waals surface area contributed by atoms with E-state index in [1.54, 1.807) is 0 Å². The van der Waals surface area contributed by atoms with Crippen molar-refractivity contribution in [3.63, 3.8) is 0 Å². The van der Waals surface area contributed by atoms with Gasteiger partial charge in [0, 0.05) is 16.6 Å². The number of halogens is 1. The van der Waals surface area contributed by atoms with Gasteiger partial charge in [-0.25, -0.2) is 0 Å². The Morgan fingerprint density at radius 3 is 2.65 bits per heavy atom. The summed E-state index contributed by atoms with van der Waals surface area (Å²) in [6, 6.07) is 15.9. The van der Waals surface area contributed by atoms with Crippen LogP contribution in [0, 0.1) is 0 Å². The average Bonchev–Trinajstić information content (AvgIpc) is 2.38. The minimum absolute atomic E-state index is 0.534. The molecular formula is C14H14BrNO. The summed E-state index contributed by atoms with van der Waals surface area (Å²) in [5.41, 5.74) is 7.80. The van der Waals surface area contributed by atoms with E-state index in [-0.39, 0.29) is 0 Å². The third-order valence-corrected chi connectivity index (χ3v) is 3.26. The molecule has 0 aliphatic carbocycles. The normalized spacial score (nSPS) is 10.2. The van der Waals surface area contributed by atoms with Crippen molar-refractivity contribution < 1.29 is 4.74 Å². The lowest BCUT2D eigenvalue weighted by atomic mass is 10.2. The van der Waals surface area contributed by atoms with Crippen molar-refractivity contribution in [2.75, 3.05) is 0 Å². The summed E-state index contributed by atoms with van der Waals surface area (Å²) in [7, 11) is 0. The maximum atomic E-state index is 5.73. The molecule has 0 amide bonds. The second kappa shape index (κ2) is 5.84. The van der Waals surface area contributed by atoms with Gasteiger partial charge in [0.05, 0.1) is 0 Å². The molecule has 0 aromatic heterocycles. The molecule has 17 heavy (non-hydrogen) atoms. The smallest absolute Gasteiger partial charge is 0.120 e. The first-order valence-corrected chi connectivity index (χ1v) is 6.24. The molecule has 0 saturated carbocycles. The number of benzene rings is 2. The quantitative estimate of drug-likeness (QED) is 0.936. The van der Waals surface area contributed by atoms with Gasteiger partial charge >= 0.3 is 0 Å². The summed E-state index contributed by atoms with van der Waals surface area (Å²) in [5.74, 6) is 0.851. The van der Waals surface area contributed by atoms with Crippen molar-refractivity contribution in [3.8, 4) is 5.75 Å². The lowest BCUT2D eigenvalue weighted by Crippen LogP contribution is -1.99. The fourth-order valence-corrected chi connectivity index (χ4v) is 1.94. The van der Waals surface area contributed by atoms with Crippen LogP contribution >= 0.6 is 15.9 Å². The van der Waals surface area contributed by atoms with Gasteiger partial charge in [0.15, 0.2) is 0 Å². The van der Waals surface area contributed by atoms with Crippen molar-refractivity contribution in [3.05, 3.63) is 64.1 Å². The summed E-state index contributed by atoms with van der Waals surface area (Å²) >= 11 is 3.50. The highest BCUT2D eigenvalue weighted by atomic mass is 79.9. The maximum absolute atomic E-state index is 5.73. The van der Waals surface area contributed by atoms with Gasteiger partial charge < -0.3 is 10.5 Å². The van der Waals surface area contributed by atoms with E-state index in [0.717, 1.165) is 21.3 Å². The van der Waals surface area contributed by atoms with Crippen molar-refractivity contribution in [2.24, 2.45) is 5.73 Å². The summed E-state index contributed by atoms with van der Waals surface area (Å²) in [6.45, 7) is 1.08. The van der Waals surface area contributed by atoms with Crippen LogP contribution in [0.2, 0.25) is 0 Å². The van der Waals surface area contributed by atoms with Crippen LogP contribution in [0.1, 0.15) is 11.1 Å². The van der Waals surface area contributed by atoms with E-state index in [2.05, 4.69) is 15.9 Å². The molecule has 0 radical (unpaired) electrons. The number of nitrogens with two attached hydrogens (primary N) is 1. The predicted octanol–water partition coefficient (Wildman–Crippen LogP) is 3.49. The molecule has 0 bridgehead atoms. The van der Waals surface area contributed by atoms with Crippen LogP contribution in [0.5, 0.6) is 5.75 Å². The third-order valence-electron chi connectivity index (χ3n) is 2.49. The Morgan fingerprint density at radius 1 is 1.06 bits per heavy atom. The molecule has 2 nitrogen and oxygen atoms in total. The van der Waals surface area contributed by atoms with E-state index in [4.69, 9.17) is 10.5 Å². The third kappa shape index (κ3) is 3.32. The topological polar surface area (TPSA) is 35.2 Å². The molecule has 0 unspecified atom stereocenters. The standard InChI is InChI=1S/C14H14BrNO/c15-14-7-2-1-5-12(14)10-17-13-6-3-4-11(8-13)9-16/h1-8H,9-10,16H2. The van der Waals surface area contributed by atoms with Crippen LogP contribution in [0.3, 0.4) is 0 Å². The van der Waals surface area contributed by atoms with E-state index in [0.29, 0.717) is 13.2 Å². The summed E-state index contributed by atoms with van der Waals surface area (Å²) < 4.78 is 6.79. The molecule has 88 valence electrons. The van der Waals surface area contributed by atoms with Gasteiger partial charge in [-0.1, -0.05) is 46.3 Å². The molecule has 2 aromatic rings. The van der Waals surface area contributed by atoms with Gasteiger partial charge in [-0.2, -0.15) is 0 Å². The highest BCUT2D eigenvalue weighted by molar-refractivity contribution is 9.10. The minimum atomic E-state index is 0.534. The molecule has 0 fully saturated rings. The second-order valence-corrected chi connectivity index (χ2v) is 4.59. The van der Waals surface area contributed by atoms with Gasteiger partial charge in [0.2, 0.25) is 0 Å². The zero-order chi connectivity index (χ0) is 12.1. The van der Waals surface area contributed by atoms with Gasteiger partial charge in [-0.15, -0.1) is 0 Å². The molecule has 2 N–H and O–H groups in total. The maximum Gasteiger partial charge on any atom is 0.120 e. The first-order chi connectivity index (χ1) is 8.29. The van der Waals surface area contributed by atoms with E-state index in [9.17, 15) is 0 Å². The Labute approximate surface area is 110 Å². The van der Waals surface area contributed by atoms with E-state index >= 15 is 0 Å². The summed E-state index contributed by atoms with van der Waals surface area (Å²) in [6.07, 6.45) is 0. The van der Waals surface area contributed by atoms with Crippen molar-refractivity contribution in [1.82, 2.24) is 0 Å². The minimum Gasteiger partial charge on any atom is -0.489 e. The van der Waals surface area contributed by atoms with E-state index in [1.165, 1.54) is 0 Å². The van der Waals surface area contributed by atoms with Crippen LogP contribution in [0.4, 0.5) is 0 Å². The van der Waals surface area contributed by atoms with Crippen molar-refractivity contribution in [2.45, 2.75) is 13.2 Å². The lowest BCUT2D eigenvalue weighted by molar-refractivity contribution is 0.305. The summed E-state index contributed by atoms with van der Waals surface area (Å²) in [5, 5.41) is 0. The molecule has 0 saturated heterocycles. The zero-order valence-corrected chi connectivity index (χ0v) is 11.0. The van der Waals surface area contributed by atoms with Crippen LogP contribution in [0.15, 0.2) is 53.0 Å². The van der Waals surface area contributed by atoms with Gasteiger partial charge in [0.25, 0.3) is 0 Å². The molecule has 2 rings (SSSR count). The van der Waals surface area contributed by atoms with Crippen molar-refractivity contribution in [1.29, 1.82) is 0 Å². The first-order valence-electron chi connectivity index (χ1n) is 5.45. The van der Waals surface area contributed by atoms with Crippen LogP contribution in [-0.2, 0) is 13.2 Å². The van der Waals surface area contributed by atoms with Gasteiger partial charge in [-0.05, 0) is 23.8 Å². The second-order valence-electron chi connectivity index (χ2n) is 3.73. The average molecular weight is 292 g/mol. The lowest BCUT2D eigenvalue weighted by Gasteiger charge is -2.08. The van der Waals surface area contributed by atoms with Crippen LogP contribution in [0.25, 0.3) is 0 Å².